The highest BCUT2D eigenvalue weighted by molar-refractivity contribution is 5.87. The van der Waals surface area contributed by atoms with Gasteiger partial charge in [-0.1, -0.05) is 7.43 Å². The highest BCUT2D eigenvalue weighted by Crippen LogP contribution is 2.28. The van der Waals surface area contributed by atoms with Crippen LogP contribution in [0, 0.1) is 0 Å². The first-order chi connectivity index (χ1) is 16.2. The number of ether oxygens (including phenoxy) is 1. The predicted molar refractivity (Wildman–Crippen MR) is 140 cm³/mol. The number of hydrogen-bond acceptors (Lipinski definition) is 5. The third-order valence-electron chi connectivity index (χ3n) is 6.45. The van der Waals surface area contributed by atoms with Gasteiger partial charge in [-0.2, -0.15) is 0 Å². The summed E-state index contributed by atoms with van der Waals surface area (Å²) in [5.41, 5.74) is 7.25. The van der Waals surface area contributed by atoms with Crippen molar-refractivity contribution in [3.05, 3.63) is 60.7 Å². The molecule has 5 aromatic rings. The SMILES string of the molecule is C.COc1ccc(-c2nc3ccc(-c4nc5ccc(N6CCN(C)CC6)cc5[nH]4)cc3[nH]2)cc1. The molecule has 3 aromatic carbocycles. The number of aromatic amines is 2. The van der Waals surface area contributed by atoms with Crippen LogP contribution in [0.1, 0.15) is 7.43 Å². The van der Waals surface area contributed by atoms with Crippen LogP contribution >= 0.6 is 0 Å². The van der Waals surface area contributed by atoms with Crippen LogP contribution in [-0.2, 0) is 0 Å². The van der Waals surface area contributed by atoms with Gasteiger partial charge in [0.1, 0.15) is 17.4 Å². The molecule has 0 aliphatic carbocycles. The van der Waals surface area contributed by atoms with E-state index in [-0.39, 0.29) is 7.43 Å². The number of piperazine rings is 1. The topological polar surface area (TPSA) is 73.1 Å². The van der Waals surface area contributed by atoms with Crippen LogP contribution in [0.4, 0.5) is 5.69 Å². The zero-order chi connectivity index (χ0) is 22.4. The molecule has 1 aliphatic rings. The Morgan fingerprint density at radius 3 is 2.00 bits per heavy atom. The van der Waals surface area contributed by atoms with Crippen LogP contribution in [0.3, 0.4) is 0 Å². The zero-order valence-corrected chi connectivity index (χ0v) is 18.8. The van der Waals surface area contributed by atoms with Gasteiger partial charge in [0.25, 0.3) is 0 Å². The van der Waals surface area contributed by atoms with Crippen molar-refractivity contribution in [1.82, 2.24) is 24.8 Å². The molecule has 1 aliphatic heterocycles. The number of anilines is 1. The monoisotopic (exact) mass is 454 g/mol. The summed E-state index contributed by atoms with van der Waals surface area (Å²) in [5, 5.41) is 0. The first-order valence-electron chi connectivity index (χ1n) is 11.2. The third kappa shape index (κ3) is 3.99. The average molecular weight is 455 g/mol. The molecule has 0 spiro atoms. The Morgan fingerprint density at radius 2 is 1.32 bits per heavy atom. The Balaban J connectivity index is 0.00000241. The highest BCUT2D eigenvalue weighted by atomic mass is 16.5. The molecule has 7 heteroatoms. The number of nitrogens with one attached hydrogen (secondary N) is 2. The molecule has 0 bridgehead atoms. The second-order valence-electron chi connectivity index (χ2n) is 8.62. The standard InChI is InChI=1S/C26H26N6O.CH4/c1-31-11-13-32(14-12-31)19-6-10-22-24(16-19)30-26(28-22)18-5-9-21-23(15-18)29-25(27-21)17-3-7-20(33-2)8-4-17;/h3-10,15-16H,11-14H2,1-2H3,(H,27,29)(H,28,30);1H4. The van der Waals surface area contributed by atoms with E-state index in [0.29, 0.717) is 0 Å². The maximum absolute atomic E-state index is 5.25. The van der Waals surface area contributed by atoms with Gasteiger partial charge in [-0.25, -0.2) is 9.97 Å². The lowest BCUT2D eigenvalue weighted by atomic mass is 10.2. The molecule has 174 valence electrons. The van der Waals surface area contributed by atoms with E-state index in [1.807, 2.05) is 30.3 Å². The fourth-order valence-electron chi connectivity index (χ4n) is 4.44. The van der Waals surface area contributed by atoms with Gasteiger partial charge in [0.15, 0.2) is 0 Å². The van der Waals surface area contributed by atoms with Gasteiger partial charge in [0.2, 0.25) is 0 Å². The lowest BCUT2D eigenvalue weighted by molar-refractivity contribution is 0.313. The summed E-state index contributed by atoms with van der Waals surface area (Å²) in [4.78, 5) is 21.4. The minimum atomic E-state index is 0. The number of methoxy groups -OCH3 is 1. The molecular weight excluding hydrogens is 424 g/mol. The van der Waals surface area contributed by atoms with E-state index in [9.17, 15) is 0 Å². The van der Waals surface area contributed by atoms with Crippen molar-refractivity contribution in [1.29, 1.82) is 0 Å². The molecule has 2 aromatic heterocycles. The van der Waals surface area contributed by atoms with E-state index in [0.717, 1.165) is 76.8 Å². The summed E-state index contributed by atoms with van der Waals surface area (Å²) in [6.45, 7) is 4.29. The highest BCUT2D eigenvalue weighted by Gasteiger charge is 2.16. The molecule has 34 heavy (non-hydrogen) atoms. The maximum atomic E-state index is 5.25. The Labute approximate surface area is 199 Å². The smallest absolute Gasteiger partial charge is 0.138 e. The minimum Gasteiger partial charge on any atom is -0.497 e. The molecule has 1 saturated heterocycles. The summed E-state index contributed by atoms with van der Waals surface area (Å²) in [6, 6.07) is 20.6. The summed E-state index contributed by atoms with van der Waals surface area (Å²) < 4.78 is 5.25. The van der Waals surface area contributed by atoms with E-state index < -0.39 is 0 Å². The van der Waals surface area contributed by atoms with Gasteiger partial charge in [-0.05, 0) is 67.7 Å². The fraction of sp³-hybridized carbons (Fsp3) is 0.259. The van der Waals surface area contributed by atoms with Gasteiger partial charge in [-0.15, -0.1) is 0 Å². The predicted octanol–water partition coefficient (Wildman–Crippen LogP) is 5.17. The van der Waals surface area contributed by atoms with E-state index in [2.05, 4.69) is 57.1 Å². The Morgan fingerprint density at radius 1 is 0.735 bits per heavy atom. The summed E-state index contributed by atoms with van der Waals surface area (Å²) >= 11 is 0. The van der Waals surface area contributed by atoms with E-state index >= 15 is 0 Å². The molecule has 0 unspecified atom stereocenters. The number of likely N-dealkylation sites (N-methyl/N-ethyl adjacent to an activating group) is 1. The molecule has 2 N–H and O–H groups in total. The lowest BCUT2D eigenvalue weighted by Gasteiger charge is -2.34. The largest absolute Gasteiger partial charge is 0.497 e. The number of aromatic nitrogens is 4. The minimum absolute atomic E-state index is 0. The normalized spacial score (nSPS) is 14.5. The first kappa shape index (κ1) is 22.0. The fourth-order valence-corrected chi connectivity index (χ4v) is 4.44. The van der Waals surface area contributed by atoms with Gasteiger partial charge in [0.05, 0.1) is 29.2 Å². The van der Waals surface area contributed by atoms with E-state index in [1.54, 1.807) is 7.11 Å². The van der Waals surface area contributed by atoms with Crippen LogP contribution < -0.4 is 9.64 Å². The average Bonchev–Trinajstić information content (AvgIpc) is 3.48. The van der Waals surface area contributed by atoms with Crippen LogP contribution in [-0.4, -0.2) is 65.2 Å². The number of H-pyrrole nitrogens is 2. The second kappa shape index (κ2) is 8.83. The van der Waals surface area contributed by atoms with Crippen molar-refractivity contribution in [2.75, 3.05) is 45.2 Å². The van der Waals surface area contributed by atoms with Crippen LogP contribution in [0.15, 0.2) is 60.7 Å². The van der Waals surface area contributed by atoms with Crippen molar-refractivity contribution in [3.63, 3.8) is 0 Å². The number of imidazole rings is 2. The third-order valence-corrected chi connectivity index (χ3v) is 6.45. The Hall–Kier alpha value is -3.84. The quantitative estimate of drug-likeness (QED) is 0.392. The number of rotatable bonds is 4. The van der Waals surface area contributed by atoms with Crippen molar-refractivity contribution >= 4 is 27.8 Å². The molecule has 3 heterocycles. The summed E-state index contributed by atoms with van der Waals surface area (Å²) in [5.74, 6) is 2.53. The molecule has 1 fully saturated rings. The van der Waals surface area contributed by atoms with Gasteiger partial charge < -0.3 is 24.5 Å². The summed E-state index contributed by atoms with van der Waals surface area (Å²) in [7, 11) is 3.85. The number of benzene rings is 3. The van der Waals surface area contributed by atoms with Crippen LogP contribution in [0.2, 0.25) is 0 Å². The first-order valence-corrected chi connectivity index (χ1v) is 11.2. The molecule has 0 radical (unpaired) electrons. The zero-order valence-electron chi connectivity index (χ0n) is 18.8. The summed E-state index contributed by atoms with van der Waals surface area (Å²) in [6.07, 6.45) is 0. The maximum Gasteiger partial charge on any atom is 0.138 e. The molecule has 0 amide bonds. The second-order valence-corrected chi connectivity index (χ2v) is 8.62. The number of hydrogen-bond donors (Lipinski definition) is 2. The van der Waals surface area contributed by atoms with Gasteiger partial charge in [0, 0.05) is 43.0 Å². The molecular formula is C27H30N6O. The number of nitrogens with zero attached hydrogens (tertiary/aromatic N) is 4. The van der Waals surface area contributed by atoms with Crippen LogP contribution in [0.5, 0.6) is 5.75 Å². The number of fused-ring (bicyclic) bond motifs is 2. The Bertz CT molecular complexity index is 1430. The van der Waals surface area contributed by atoms with E-state index in [4.69, 9.17) is 14.7 Å². The Kier molecular flexibility index (Phi) is 5.71. The molecule has 6 rings (SSSR count). The lowest BCUT2D eigenvalue weighted by Crippen LogP contribution is -2.44. The molecule has 0 atom stereocenters. The molecule has 0 saturated carbocycles. The van der Waals surface area contributed by atoms with E-state index in [1.165, 1.54) is 5.69 Å². The van der Waals surface area contributed by atoms with Crippen molar-refractivity contribution in [2.45, 2.75) is 7.43 Å². The van der Waals surface area contributed by atoms with Gasteiger partial charge >= 0.3 is 0 Å². The van der Waals surface area contributed by atoms with Gasteiger partial charge in [-0.3, -0.25) is 0 Å². The van der Waals surface area contributed by atoms with Crippen molar-refractivity contribution in [2.24, 2.45) is 0 Å². The van der Waals surface area contributed by atoms with Crippen molar-refractivity contribution in [3.8, 4) is 28.5 Å². The van der Waals surface area contributed by atoms with Crippen LogP contribution in [0.25, 0.3) is 44.8 Å². The van der Waals surface area contributed by atoms with Crippen molar-refractivity contribution < 1.29 is 4.74 Å². The molecule has 7 nitrogen and oxygen atoms in total.